The molecule has 2 nitrogen and oxygen atoms in total. The average Bonchev–Trinajstić information content (AvgIpc) is 3.71. The van der Waals surface area contributed by atoms with Gasteiger partial charge in [0.1, 0.15) is 0 Å². The van der Waals surface area contributed by atoms with Crippen LogP contribution in [0.1, 0.15) is 25.0 Å². The van der Waals surface area contributed by atoms with Crippen LogP contribution in [0, 0.1) is 0 Å². The molecule has 11 aromatic rings. The third kappa shape index (κ3) is 5.57. The molecule has 0 saturated heterocycles. The van der Waals surface area contributed by atoms with E-state index >= 15 is 0 Å². The van der Waals surface area contributed by atoms with Gasteiger partial charge >= 0.3 is 0 Å². The summed E-state index contributed by atoms with van der Waals surface area (Å²) in [4.78, 5) is 4.92. The number of fused-ring (bicyclic) bond motifs is 14. The van der Waals surface area contributed by atoms with Crippen molar-refractivity contribution in [2.24, 2.45) is 0 Å². The van der Waals surface area contributed by atoms with Gasteiger partial charge in [0.15, 0.2) is 0 Å². The molecule has 0 atom stereocenters. The second kappa shape index (κ2) is 14.2. The Labute approximate surface area is 377 Å². The Bertz CT molecular complexity index is 3670. The fraction of sp³-hybridized carbons (Fsp3) is 0.0492. The third-order valence-corrected chi connectivity index (χ3v) is 14.9. The molecule has 13 rings (SSSR count). The van der Waals surface area contributed by atoms with Crippen LogP contribution >= 0.6 is 11.3 Å². The number of rotatable bonds is 4. The minimum atomic E-state index is -0.193. The first-order valence-electron chi connectivity index (χ1n) is 22.2. The summed E-state index contributed by atoms with van der Waals surface area (Å²) in [7, 11) is 0. The topological polar surface area (TPSA) is 6.48 Å². The summed E-state index contributed by atoms with van der Waals surface area (Å²) in [5, 5.41) is 5.12. The van der Waals surface area contributed by atoms with Crippen molar-refractivity contribution in [1.82, 2.24) is 0 Å². The molecular formula is C61H42N2S. The fourth-order valence-corrected chi connectivity index (χ4v) is 11.8. The van der Waals surface area contributed by atoms with Crippen molar-refractivity contribution in [2.45, 2.75) is 19.3 Å². The van der Waals surface area contributed by atoms with Gasteiger partial charge < -0.3 is 9.80 Å². The van der Waals surface area contributed by atoms with E-state index in [2.05, 4.69) is 242 Å². The number of hydrogen-bond donors (Lipinski definition) is 0. The van der Waals surface area contributed by atoms with Crippen molar-refractivity contribution in [1.29, 1.82) is 0 Å². The quantitative estimate of drug-likeness (QED) is 0.174. The molecule has 0 spiro atoms. The van der Waals surface area contributed by atoms with Gasteiger partial charge in [-0.3, -0.25) is 0 Å². The van der Waals surface area contributed by atoms with Crippen LogP contribution in [-0.4, -0.2) is 0 Å². The lowest BCUT2D eigenvalue weighted by molar-refractivity contribution is 0.633. The lowest BCUT2D eigenvalue weighted by Crippen LogP contribution is -2.30. The molecule has 0 bridgehead atoms. The highest BCUT2D eigenvalue weighted by Crippen LogP contribution is 2.56. The minimum Gasteiger partial charge on any atom is -0.310 e. The van der Waals surface area contributed by atoms with Gasteiger partial charge in [-0.05, 0) is 139 Å². The molecule has 1 aliphatic heterocycles. The summed E-state index contributed by atoms with van der Waals surface area (Å²) in [5.41, 5.74) is 19.2. The van der Waals surface area contributed by atoms with Crippen LogP contribution in [0.4, 0.5) is 34.1 Å². The van der Waals surface area contributed by atoms with E-state index in [0.717, 1.165) is 22.7 Å². The number of benzene rings is 10. The maximum atomic E-state index is 2.53. The van der Waals surface area contributed by atoms with E-state index in [9.17, 15) is 0 Å². The van der Waals surface area contributed by atoms with Gasteiger partial charge in [-0.25, -0.2) is 0 Å². The van der Waals surface area contributed by atoms with Crippen molar-refractivity contribution < 1.29 is 0 Å². The second-order valence-electron chi connectivity index (χ2n) is 17.7. The smallest absolute Gasteiger partial charge is 0.0517 e. The molecule has 0 unspecified atom stereocenters. The molecule has 302 valence electrons. The van der Waals surface area contributed by atoms with Crippen molar-refractivity contribution in [3.05, 3.63) is 230 Å². The number of nitrogens with zero attached hydrogens (tertiary/aromatic N) is 2. The van der Waals surface area contributed by atoms with Crippen LogP contribution in [0.2, 0.25) is 0 Å². The monoisotopic (exact) mass is 834 g/mol. The maximum absolute atomic E-state index is 2.53. The lowest BCUT2D eigenvalue weighted by Gasteiger charge is -2.42. The fourth-order valence-electron chi connectivity index (χ4n) is 10.7. The van der Waals surface area contributed by atoms with Gasteiger partial charge in [-0.2, -0.15) is 0 Å². The van der Waals surface area contributed by atoms with Crippen LogP contribution in [-0.2, 0) is 5.41 Å². The summed E-state index contributed by atoms with van der Waals surface area (Å²) in [6.07, 6.45) is 0. The largest absolute Gasteiger partial charge is 0.310 e. The van der Waals surface area contributed by atoms with Gasteiger partial charge in [0.05, 0.1) is 11.4 Å². The summed E-state index contributed by atoms with van der Waals surface area (Å²) >= 11 is 1.89. The molecule has 3 heteroatoms. The molecule has 0 N–H and O–H groups in total. The first-order chi connectivity index (χ1) is 31.5. The molecular weight excluding hydrogens is 793 g/mol. The van der Waals surface area contributed by atoms with Gasteiger partial charge in [-0.15, -0.1) is 11.3 Å². The Morgan fingerprint density at radius 3 is 1.72 bits per heavy atom. The van der Waals surface area contributed by atoms with Gasteiger partial charge in [0.25, 0.3) is 0 Å². The molecule has 10 aromatic carbocycles. The Morgan fingerprint density at radius 2 is 0.938 bits per heavy atom. The van der Waals surface area contributed by atoms with E-state index < -0.39 is 0 Å². The summed E-state index contributed by atoms with van der Waals surface area (Å²) in [6, 6.07) is 81.2. The molecule has 2 aliphatic rings. The molecule has 1 aliphatic carbocycles. The van der Waals surface area contributed by atoms with Gasteiger partial charge in [-0.1, -0.05) is 159 Å². The van der Waals surface area contributed by atoms with Crippen LogP contribution in [0.15, 0.2) is 218 Å². The first kappa shape index (κ1) is 36.9. The van der Waals surface area contributed by atoms with Crippen molar-refractivity contribution in [3.63, 3.8) is 0 Å². The third-order valence-electron chi connectivity index (χ3n) is 13.8. The Balaban J connectivity index is 1.02. The predicted molar refractivity (Wildman–Crippen MR) is 274 cm³/mol. The molecule has 1 aromatic heterocycles. The van der Waals surface area contributed by atoms with Crippen LogP contribution in [0.3, 0.4) is 0 Å². The van der Waals surface area contributed by atoms with E-state index in [1.807, 2.05) is 11.3 Å². The number of thiophene rings is 1. The minimum absolute atomic E-state index is 0.193. The zero-order valence-electron chi connectivity index (χ0n) is 35.6. The van der Waals surface area contributed by atoms with E-state index in [-0.39, 0.29) is 5.41 Å². The number of para-hydroxylation sites is 2. The van der Waals surface area contributed by atoms with E-state index in [4.69, 9.17) is 0 Å². The highest BCUT2D eigenvalue weighted by Gasteiger charge is 2.38. The van der Waals surface area contributed by atoms with Gasteiger partial charge in [0.2, 0.25) is 0 Å². The summed E-state index contributed by atoms with van der Waals surface area (Å²) in [6.45, 7) is 4.78. The first-order valence-corrected chi connectivity index (χ1v) is 23.0. The van der Waals surface area contributed by atoms with E-state index in [1.165, 1.54) is 98.0 Å². The van der Waals surface area contributed by atoms with Crippen molar-refractivity contribution >= 4 is 76.4 Å². The van der Waals surface area contributed by atoms with Crippen LogP contribution in [0.25, 0.3) is 75.5 Å². The molecule has 2 heterocycles. The standard InChI is InChI=1S/C61H42N2S/c1-61(2)55-25-13-14-26-57(55)63(58-38-60-54(37-56(58)61)51-24-12-15-27-59(51)64-60)44-31-33-50-45-20-8-10-22-47(45)52-35-43(30-32-49(52)46-21-9-11-23-48(46)53(50)36-44)62(41-18-4-3-5-19-41)42-29-28-39-16-6-7-17-40(39)34-42/h3-38H,1-2H3. The Kier molecular flexibility index (Phi) is 8.16. The van der Waals surface area contributed by atoms with Crippen LogP contribution < -0.4 is 9.80 Å². The number of anilines is 6. The number of hydrogen-bond acceptors (Lipinski definition) is 3. The molecule has 0 fully saturated rings. The SMILES string of the molecule is CC1(C)c2ccccc2N(c2ccc3c(c2)-c2ccccc2-c2ccc(N(c4ccccc4)c4ccc5ccccc5c4)cc2-c2ccccc2-3)c2cc3sc4ccccc4c3cc21. The molecule has 0 amide bonds. The Hall–Kier alpha value is -7.72. The van der Waals surface area contributed by atoms with E-state index in [1.54, 1.807) is 0 Å². The van der Waals surface area contributed by atoms with Crippen molar-refractivity contribution in [2.75, 3.05) is 9.80 Å². The average molecular weight is 835 g/mol. The van der Waals surface area contributed by atoms with Crippen LogP contribution in [0.5, 0.6) is 0 Å². The zero-order chi connectivity index (χ0) is 42.5. The zero-order valence-corrected chi connectivity index (χ0v) is 36.4. The molecule has 0 saturated carbocycles. The molecule has 0 radical (unpaired) electrons. The maximum Gasteiger partial charge on any atom is 0.0517 e. The second-order valence-corrected chi connectivity index (χ2v) is 18.8. The summed E-state index contributed by atoms with van der Waals surface area (Å²) < 4.78 is 2.64. The lowest BCUT2D eigenvalue weighted by atomic mass is 9.73. The van der Waals surface area contributed by atoms with Crippen molar-refractivity contribution in [3.8, 4) is 44.5 Å². The summed E-state index contributed by atoms with van der Waals surface area (Å²) in [5.74, 6) is 0. The van der Waals surface area contributed by atoms with Gasteiger partial charge in [0, 0.05) is 48.3 Å². The highest BCUT2D eigenvalue weighted by molar-refractivity contribution is 7.25. The molecule has 64 heavy (non-hydrogen) atoms. The Morgan fingerprint density at radius 1 is 0.359 bits per heavy atom. The predicted octanol–water partition coefficient (Wildman–Crippen LogP) is 17.8. The highest BCUT2D eigenvalue weighted by atomic mass is 32.1. The normalized spacial score (nSPS) is 13.2. The van der Waals surface area contributed by atoms with E-state index in [0.29, 0.717) is 0 Å².